The SMILES string of the molecule is Cc1cc(Nc2cnccc2N)cc2cc[nH]c12. The van der Waals surface area contributed by atoms with Crippen LogP contribution in [-0.4, -0.2) is 9.97 Å². The third kappa shape index (κ3) is 1.78. The lowest BCUT2D eigenvalue weighted by Crippen LogP contribution is -1.97. The molecule has 18 heavy (non-hydrogen) atoms. The van der Waals surface area contributed by atoms with E-state index in [0.717, 1.165) is 11.4 Å². The fraction of sp³-hybridized carbons (Fsp3) is 0.0714. The quantitative estimate of drug-likeness (QED) is 0.642. The standard InChI is InChI=1S/C14H14N4/c1-9-6-11(7-10-2-5-17-14(9)10)18-13-8-16-4-3-12(13)15/h2-8,17-18H,1H3,(H2,15,16). The second kappa shape index (κ2) is 4.07. The molecular formula is C14H14N4. The molecule has 4 nitrogen and oxygen atoms in total. The van der Waals surface area contributed by atoms with E-state index < -0.39 is 0 Å². The zero-order valence-electron chi connectivity index (χ0n) is 10.1. The van der Waals surface area contributed by atoms with E-state index in [0.29, 0.717) is 5.69 Å². The first-order chi connectivity index (χ1) is 8.74. The molecule has 3 aromatic rings. The molecule has 2 aromatic heterocycles. The predicted octanol–water partition coefficient (Wildman–Crippen LogP) is 3.20. The molecule has 0 spiro atoms. The summed E-state index contributed by atoms with van der Waals surface area (Å²) in [5, 5.41) is 4.47. The van der Waals surface area contributed by atoms with E-state index in [1.165, 1.54) is 16.5 Å². The van der Waals surface area contributed by atoms with Crippen LogP contribution in [0.2, 0.25) is 0 Å². The molecule has 0 aliphatic carbocycles. The fourth-order valence-electron chi connectivity index (χ4n) is 2.10. The number of aromatic nitrogens is 2. The van der Waals surface area contributed by atoms with Crippen LogP contribution < -0.4 is 11.1 Å². The lowest BCUT2D eigenvalue weighted by molar-refractivity contribution is 1.32. The van der Waals surface area contributed by atoms with Gasteiger partial charge in [-0.05, 0) is 36.8 Å². The molecule has 0 aliphatic rings. The van der Waals surface area contributed by atoms with E-state index in [1.54, 1.807) is 18.5 Å². The highest BCUT2D eigenvalue weighted by atomic mass is 14.9. The van der Waals surface area contributed by atoms with Crippen LogP contribution in [-0.2, 0) is 0 Å². The number of nitrogens with two attached hydrogens (primary N) is 1. The highest BCUT2D eigenvalue weighted by molar-refractivity contribution is 5.87. The predicted molar refractivity (Wildman–Crippen MR) is 75.0 cm³/mol. The molecule has 4 N–H and O–H groups in total. The highest BCUT2D eigenvalue weighted by Crippen LogP contribution is 2.26. The Morgan fingerprint density at radius 3 is 3.00 bits per heavy atom. The summed E-state index contributed by atoms with van der Waals surface area (Å²) in [6.07, 6.45) is 5.35. The average Bonchev–Trinajstić information content (AvgIpc) is 2.81. The maximum atomic E-state index is 5.89. The van der Waals surface area contributed by atoms with Gasteiger partial charge in [0.25, 0.3) is 0 Å². The van der Waals surface area contributed by atoms with Gasteiger partial charge in [0, 0.05) is 29.0 Å². The number of aromatic amines is 1. The van der Waals surface area contributed by atoms with Gasteiger partial charge in [0.15, 0.2) is 0 Å². The van der Waals surface area contributed by atoms with Gasteiger partial charge in [0.05, 0.1) is 17.6 Å². The maximum Gasteiger partial charge on any atom is 0.0804 e. The zero-order chi connectivity index (χ0) is 12.5. The number of H-pyrrole nitrogens is 1. The Kier molecular flexibility index (Phi) is 2.41. The van der Waals surface area contributed by atoms with Crippen LogP contribution in [0.25, 0.3) is 10.9 Å². The van der Waals surface area contributed by atoms with Crippen LogP contribution in [0.15, 0.2) is 42.9 Å². The van der Waals surface area contributed by atoms with Crippen molar-refractivity contribution in [3.63, 3.8) is 0 Å². The van der Waals surface area contributed by atoms with Gasteiger partial charge in [-0.1, -0.05) is 0 Å². The molecule has 0 atom stereocenters. The molecule has 0 radical (unpaired) electrons. The lowest BCUT2D eigenvalue weighted by atomic mass is 10.1. The Morgan fingerprint density at radius 2 is 2.17 bits per heavy atom. The van der Waals surface area contributed by atoms with Crippen molar-refractivity contribution < 1.29 is 0 Å². The van der Waals surface area contributed by atoms with Crippen molar-refractivity contribution in [1.29, 1.82) is 0 Å². The van der Waals surface area contributed by atoms with Crippen molar-refractivity contribution in [2.24, 2.45) is 0 Å². The van der Waals surface area contributed by atoms with Crippen molar-refractivity contribution in [2.45, 2.75) is 6.92 Å². The summed E-state index contributed by atoms with van der Waals surface area (Å²) in [5.41, 5.74) is 10.8. The molecule has 0 fully saturated rings. The summed E-state index contributed by atoms with van der Waals surface area (Å²) < 4.78 is 0. The lowest BCUT2D eigenvalue weighted by Gasteiger charge is -2.09. The third-order valence-corrected chi connectivity index (χ3v) is 2.99. The van der Waals surface area contributed by atoms with Gasteiger partial charge in [-0.3, -0.25) is 4.98 Å². The molecule has 4 heteroatoms. The molecule has 0 bridgehead atoms. The molecule has 2 heterocycles. The smallest absolute Gasteiger partial charge is 0.0804 e. The number of nitrogen functional groups attached to an aromatic ring is 1. The number of benzene rings is 1. The van der Waals surface area contributed by atoms with Crippen molar-refractivity contribution >= 4 is 28.0 Å². The van der Waals surface area contributed by atoms with Crippen LogP contribution in [0.1, 0.15) is 5.56 Å². The summed E-state index contributed by atoms with van der Waals surface area (Å²) in [4.78, 5) is 7.29. The summed E-state index contributed by atoms with van der Waals surface area (Å²) in [6.45, 7) is 2.08. The maximum absolute atomic E-state index is 5.89. The second-order valence-corrected chi connectivity index (χ2v) is 4.32. The van der Waals surface area contributed by atoms with Gasteiger partial charge in [0.1, 0.15) is 0 Å². The Hall–Kier alpha value is -2.49. The van der Waals surface area contributed by atoms with Gasteiger partial charge < -0.3 is 16.0 Å². The van der Waals surface area contributed by atoms with E-state index in [9.17, 15) is 0 Å². The second-order valence-electron chi connectivity index (χ2n) is 4.32. The van der Waals surface area contributed by atoms with Crippen LogP contribution in [0, 0.1) is 6.92 Å². The molecule has 0 aliphatic heterocycles. The Balaban J connectivity index is 2.02. The van der Waals surface area contributed by atoms with E-state index in [2.05, 4.69) is 40.4 Å². The number of aryl methyl sites for hydroxylation is 1. The molecule has 0 amide bonds. The first kappa shape index (κ1) is 10.7. The topological polar surface area (TPSA) is 66.7 Å². The molecule has 1 aromatic carbocycles. The van der Waals surface area contributed by atoms with Gasteiger partial charge in [-0.2, -0.15) is 0 Å². The molecule has 0 saturated heterocycles. The minimum Gasteiger partial charge on any atom is -0.397 e. The molecule has 90 valence electrons. The van der Waals surface area contributed by atoms with Gasteiger partial charge in [-0.15, -0.1) is 0 Å². The minimum absolute atomic E-state index is 0.691. The van der Waals surface area contributed by atoms with Crippen LogP contribution >= 0.6 is 0 Å². The van der Waals surface area contributed by atoms with Crippen LogP contribution in [0.3, 0.4) is 0 Å². The Labute approximate surface area is 105 Å². The number of nitrogens with one attached hydrogen (secondary N) is 2. The number of rotatable bonds is 2. The largest absolute Gasteiger partial charge is 0.397 e. The molecule has 0 unspecified atom stereocenters. The average molecular weight is 238 g/mol. The summed E-state index contributed by atoms with van der Waals surface area (Å²) >= 11 is 0. The number of nitrogens with zero attached hydrogens (tertiary/aromatic N) is 1. The Bertz CT molecular complexity index is 700. The van der Waals surface area contributed by atoms with Gasteiger partial charge in [-0.25, -0.2) is 0 Å². The number of hydrogen-bond donors (Lipinski definition) is 3. The number of anilines is 3. The Morgan fingerprint density at radius 1 is 1.28 bits per heavy atom. The van der Waals surface area contributed by atoms with Crippen LogP contribution in [0.4, 0.5) is 17.1 Å². The van der Waals surface area contributed by atoms with Gasteiger partial charge in [0.2, 0.25) is 0 Å². The summed E-state index contributed by atoms with van der Waals surface area (Å²) in [5.74, 6) is 0. The summed E-state index contributed by atoms with van der Waals surface area (Å²) in [7, 11) is 0. The van der Waals surface area contributed by atoms with E-state index in [-0.39, 0.29) is 0 Å². The minimum atomic E-state index is 0.691. The highest BCUT2D eigenvalue weighted by Gasteiger charge is 2.03. The van der Waals surface area contributed by atoms with Crippen molar-refractivity contribution in [3.8, 4) is 0 Å². The van der Waals surface area contributed by atoms with Crippen molar-refractivity contribution in [1.82, 2.24) is 9.97 Å². The first-order valence-corrected chi connectivity index (χ1v) is 5.78. The van der Waals surface area contributed by atoms with Crippen molar-refractivity contribution in [2.75, 3.05) is 11.1 Å². The summed E-state index contributed by atoms with van der Waals surface area (Å²) in [6, 6.07) is 8.01. The zero-order valence-corrected chi connectivity index (χ0v) is 10.1. The molecular weight excluding hydrogens is 224 g/mol. The molecule has 0 saturated carbocycles. The first-order valence-electron chi connectivity index (χ1n) is 5.78. The van der Waals surface area contributed by atoms with Crippen LogP contribution in [0.5, 0.6) is 0 Å². The van der Waals surface area contributed by atoms with Gasteiger partial charge >= 0.3 is 0 Å². The molecule has 3 rings (SSSR count). The van der Waals surface area contributed by atoms with Crippen molar-refractivity contribution in [3.05, 3.63) is 48.4 Å². The van der Waals surface area contributed by atoms with E-state index in [4.69, 9.17) is 5.73 Å². The van der Waals surface area contributed by atoms with E-state index in [1.807, 2.05) is 6.20 Å². The monoisotopic (exact) mass is 238 g/mol. The normalized spacial score (nSPS) is 10.7. The third-order valence-electron chi connectivity index (χ3n) is 2.99. The number of fused-ring (bicyclic) bond motifs is 1. The van der Waals surface area contributed by atoms with E-state index >= 15 is 0 Å². The number of pyridine rings is 1. The number of hydrogen-bond acceptors (Lipinski definition) is 3. The fourth-order valence-corrected chi connectivity index (χ4v) is 2.10.